The molecule has 1 heterocycles. The first-order valence-electron chi connectivity index (χ1n) is 6.09. The number of alkyl halides is 1. The summed E-state index contributed by atoms with van der Waals surface area (Å²) >= 11 is 5.79. The van der Waals surface area contributed by atoms with Crippen molar-refractivity contribution in [2.75, 3.05) is 32.7 Å². The standard InChI is InChI=1S/C13H20ClN3/c1-13(17-8-7-16-10-17)5-3-11(4-6-14)9-12(13)15-2/h3,5,9,16H,4,6-8,10H2,1-2H3. The second kappa shape index (κ2) is 5.34. The molecule has 94 valence electrons. The molecule has 0 saturated carbocycles. The van der Waals surface area contributed by atoms with Crippen molar-refractivity contribution in [1.29, 1.82) is 0 Å². The van der Waals surface area contributed by atoms with Crippen LogP contribution in [0.4, 0.5) is 0 Å². The van der Waals surface area contributed by atoms with E-state index in [1.807, 2.05) is 7.05 Å². The van der Waals surface area contributed by atoms with Gasteiger partial charge in [-0.1, -0.05) is 12.2 Å². The Morgan fingerprint density at radius 3 is 3.00 bits per heavy atom. The largest absolute Gasteiger partial charge is 0.303 e. The van der Waals surface area contributed by atoms with Gasteiger partial charge in [0.2, 0.25) is 0 Å². The van der Waals surface area contributed by atoms with Crippen LogP contribution < -0.4 is 5.32 Å². The number of hydrogen-bond donors (Lipinski definition) is 1. The fourth-order valence-electron chi connectivity index (χ4n) is 2.45. The minimum atomic E-state index is -0.0753. The van der Waals surface area contributed by atoms with E-state index in [1.54, 1.807) is 0 Å². The van der Waals surface area contributed by atoms with Gasteiger partial charge < -0.3 is 5.32 Å². The molecule has 0 radical (unpaired) electrons. The normalized spacial score (nSPS) is 32.2. The SMILES string of the molecule is CN=C1C=C(CCCl)C=CC1(C)N1CCNC1. The Morgan fingerprint density at radius 2 is 2.41 bits per heavy atom. The zero-order valence-electron chi connectivity index (χ0n) is 10.5. The highest BCUT2D eigenvalue weighted by molar-refractivity contribution is 6.18. The third-order valence-electron chi connectivity index (χ3n) is 3.60. The van der Waals surface area contributed by atoms with Crippen LogP contribution in [-0.4, -0.2) is 48.8 Å². The monoisotopic (exact) mass is 253 g/mol. The average Bonchev–Trinajstić information content (AvgIpc) is 2.86. The maximum atomic E-state index is 5.79. The summed E-state index contributed by atoms with van der Waals surface area (Å²) in [6, 6.07) is 0. The molecule has 1 aliphatic carbocycles. The summed E-state index contributed by atoms with van der Waals surface area (Å²) in [5.74, 6) is 0.662. The van der Waals surface area contributed by atoms with Crippen molar-refractivity contribution < 1.29 is 0 Å². The number of hydrogen-bond acceptors (Lipinski definition) is 3. The van der Waals surface area contributed by atoms with Gasteiger partial charge in [-0.3, -0.25) is 9.89 Å². The number of nitrogens with zero attached hydrogens (tertiary/aromatic N) is 2. The zero-order valence-corrected chi connectivity index (χ0v) is 11.3. The molecule has 3 nitrogen and oxygen atoms in total. The summed E-state index contributed by atoms with van der Waals surface area (Å²) in [4.78, 5) is 6.87. The summed E-state index contributed by atoms with van der Waals surface area (Å²) in [5, 5.41) is 3.37. The van der Waals surface area contributed by atoms with Gasteiger partial charge >= 0.3 is 0 Å². The maximum Gasteiger partial charge on any atom is 0.0799 e. The Bertz CT molecular complexity index is 367. The van der Waals surface area contributed by atoms with Crippen LogP contribution in [0.15, 0.2) is 28.8 Å². The van der Waals surface area contributed by atoms with Crippen molar-refractivity contribution >= 4 is 17.3 Å². The summed E-state index contributed by atoms with van der Waals surface area (Å²) < 4.78 is 0. The molecule has 1 saturated heterocycles. The van der Waals surface area contributed by atoms with Crippen LogP contribution in [-0.2, 0) is 0 Å². The first-order chi connectivity index (χ1) is 8.20. The Kier molecular flexibility index (Phi) is 4.02. The second-order valence-corrected chi connectivity index (χ2v) is 5.05. The molecule has 0 aromatic rings. The molecule has 1 atom stereocenters. The molecule has 0 amide bonds. The Hall–Kier alpha value is -0.640. The predicted octanol–water partition coefficient (Wildman–Crippen LogP) is 1.80. The molecule has 0 bridgehead atoms. The molecule has 0 aromatic carbocycles. The lowest BCUT2D eigenvalue weighted by Gasteiger charge is -2.38. The number of rotatable bonds is 3. The molecular weight excluding hydrogens is 234 g/mol. The molecule has 0 aromatic heterocycles. The average molecular weight is 254 g/mol. The second-order valence-electron chi connectivity index (χ2n) is 4.67. The fourth-order valence-corrected chi connectivity index (χ4v) is 2.67. The number of nitrogens with one attached hydrogen (secondary N) is 1. The smallest absolute Gasteiger partial charge is 0.0799 e. The Balaban J connectivity index is 2.23. The van der Waals surface area contributed by atoms with Gasteiger partial charge in [0.25, 0.3) is 0 Å². The van der Waals surface area contributed by atoms with E-state index in [0.717, 1.165) is 31.9 Å². The van der Waals surface area contributed by atoms with Crippen molar-refractivity contribution in [3.05, 3.63) is 23.8 Å². The molecule has 0 spiro atoms. The fraction of sp³-hybridized carbons (Fsp3) is 0.615. The number of aliphatic imine (C=N–C) groups is 1. The molecular formula is C13H20ClN3. The molecule has 2 aliphatic rings. The minimum Gasteiger partial charge on any atom is -0.303 e. The summed E-state index contributed by atoms with van der Waals surface area (Å²) in [5.41, 5.74) is 2.32. The van der Waals surface area contributed by atoms with Crippen LogP contribution in [0.1, 0.15) is 13.3 Å². The minimum absolute atomic E-state index is 0.0753. The molecule has 1 aliphatic heterocycles. The topological polar surface area (TPSA) is 27.6 Å². The quantitative estimate of drug-likeness (QED) is 0.777. The highest BCUT2D eigenvalue weighted by Crippen LogP contribution is 2.27. The molecule has 4 heteroatoms. The lowest BCUT2D eigenvalue weighted by molar-refractivity contribution is 0.247. The van der Waals surface area contributed by atoms with E-state index in [-0.39, 0.29) is 5.54 Å². The van der Waals surface area contributed by atoms with E-state index in [9.17, 15) is 0 Å². The Labute approximate surface area is 108 Å². The maximum absolute atomic E-state index is 5.79. The molecule has 1 fully saturated rings. The highest BCUT2D eigenvalue weighted by atomic mass is 35.5. The van der Waals surface area contributed by atoms with E-state index < -0.39 is 0 Å². The lowest BCUT2D eigenvalue weighted by Crippen LogP contribution is -2.50. The molecule has 17 heavy (non-hydrogen) atoms. The zero-order chi connectivity index (χ0) is 12.3. The third-order valence-corrected chi connectivity index (χ3v) is 3.79. The van der Waals surface area contributed by atoms with Crippen LogP contribution >= 0.6 is 11.6 Å². The predicted molar refractivity (Wildman–Crippen MR) is 73.9 cm³/mol. The lowest BCUT2D eigenvalue weighted by atomic mass is 9.86. The first-order valence-corrected chi connectivity index (χ1v) is 6.63. The van der Waals surface area contributed by atoms with Crippen molar-refractivity contribution in [3.8, 4) is 0 Å². The van der Waals surface area contributed by atoms with E-state index in [2.05, 4.69) is 40.4 Å². The van der Waals surface area contributed by atoms with Crippen LogP contribution in [0.2, 0.25) is 0 Å². The van der Waals surface area contributed by atoms with Crippen LogP contribution in [0.3, 0.4) is 0 Å². The van der Waals surface area contributed by atoms with Crippen molar-refractivity contribution in [1.82, 2.24) is 10.2 Å². The first kappa shape index (κ1) is 12.8. The van der Waals surface area contributed by atoms with E-state index in [4.69, 9.17) is 11.6 Å². The summed E-state index contributed by atoms with van der Waals surface area (Å²) in [6.07, 6.45) is 7.53. The van der Waals surface area contributed by atoms with Gasteiger partial charge in [-0.05, 0) is 25.0 Å². The van der Waals surface area contributed by atoms with Crippen molar-refractivity contribution in [2.24, 2.45) is 4.99 Å². The van der Waals surface area contributed by atoms with Gasteiger partial charge in [0.15, 0.2) is 0 Å². The number of halogens is 1. The van der Waals surface area contributed by atoms with Crippen molar-refractivity contribution in [2.45, 2.75) is 18.9 Å². The molecule has 1 N–H and O–H groups in total. The molecule has 2 rings (SSSR count). The molecule has 1 unspecified atom stereocenters. The van der Waals surface area contributed by atoms with Gasteiger partial charge in [-0.25, -0.2) is 0 Å². The van der Waals surface area contributed by atoms with E-state index in [0.29, 0.717) is 5.88 Å². The van der Waals surface area contributed by atoms with Gasteiger partial charge in [-0.15, -0.1) is 11.6 Å². The summed E-state index contributed by atoms with van der Waals surface area (Å²) in [7, 11) is 1.87. The van der Waals surface area contributed by atoms with Crippen LogP contribution in [0.5, 0.6) is 0 Å². The van der Waals surface area contributed by atoms with E-state index in [1.165, 1.54) is 5.57 Å². The van der Waals surface area contributed by atoms with Gasteiger partial charge in [0.1, 0.15) is 0 Å². The van der Waals surface area contributed by atoms with Crippen LogP contribution in [0, 0.1) is 0 Å². The van der Waals surface area contributed by atoms with Crippen molar-refractivity contribution in [3.63, 3.8) is 0 Å². The Morgan fingerprint density at radius 1 is 1.59 bits per heavy atom. The van der Waals surface area contributed by atoms with Gasteiger partial charge in [-0.2, -0.15) is 0 Å². The van der Waals surface area contributed by atoms with Gasteiger partial charge in [0, 0.05) is 32.7 Å². The van der Waals surface area contributed by atoms with Gasteiger partial charge in [0.05, 0.1) is 11.3 Å². The highest BCUT2D eigenvalue weighted by Gasteiger charge is 2.36. The van der Waals surface area contributed by atoms with E-state index >= 15 is 0 Å². The summed E-state index contributed by atoms with van der Waals surface area (Å²) in [6.45, 7) is 5.28. The van der Waals surface area contributed by atoms with Crippen LogP contribution in [0.25, 0.3) is 0 Å². The number of allylic oxidation sites excluding steroid dienone is 2. The third kappa shape index (κ3) is 2.46.